The molecule has 0 aliphatic carbocycles. The molecule has 1 nitrogen and oxygen atoms in total. The number of nitrogens with zero attached hydrogens (tertiary/aromatic N) is 1. The summed E-state index contributed by atoms with van der Waals surface area (Å²) in [5.41, 5.74) is 1.51. The largest absolute Gasteiger partial charge is 0.306 e. The quantitative estimate of drug-likeness (QED) is 0.684. The minimum absolute atomic E-state index is 0.143. The minimum atomic E-state index is -0.143. The van der Waals surface area contributed by atoms with Gasteiger partial charge in [-0.3, -0.25) is 0 Å². The third kappa shape index (κ3) is 2.20. The highest BCUT2D eigenvalue weighted by molar-refractivity contribution is 5.25. The van der Waals surface area contributed by atoms with Gasteiger partial charge in [-0.2, -0.15) is 0 Å². The molecular formula is C13H18FN. The molecule has 1 aliphatic rings. The second kappa shape index (κ2) is 3.93. The van der Waals surface area contributed by atoms with Crippen molar-refractivity contribution in [3.8, 4) is 0 Å². The van der Waals surface area contributed by atoms with Gasteiger partial charge in [0, 0.05) is 0 Å². The highest BCUT2D eigenvalue weighted by Crippen LogP contribution is 2.34. The van der Waals surface area contributed by atoms with Crippen molar-refractivity contribution in [1.29, 1.82) is 0 Å². The van der Waals surface area contributed by atoms with Crippen LogP contribution in [-0.4, -0.2) is 25.0 Å². The zero-order chi connectivity index (χ0) is 10.9. The van der Waals surface area contributed by atoms with E-state index < -0.39 is 0 Å². The van der Waals surface area contributed by atoms with Crippen molar-refractivity contribution in [2.24, 2.45) is 0 Å². The second-order valence-corrected chi connectivity index (χ2v) is 4.87. The lowest BCUT2D eigenvalue weighted by atomic mass is 9.75. The Bertz CT molecular complexity index is 323. The number of benzene rings is 1. The van der Waals surface area contributed by atoms with Crippen LogP contribution in [0, 0.1) is 5.82 Å². The molecule has 0 unspecified atom stereocenters. The van der Waals surface area contributed by atoms with Crippen molar-refractivity contribution in [2.75, 3.05) is 20.1 Å². The fraction of sp³-hybridized carbons (Fsp3) is 0.538. The third-order valence-corrected chi connectivity index (χ3v) is 3.63. The molecule has 1 aromatic rings. The SMILES string of the molecule is CN1CCC(C)(c2ccc(F)cc2)CC1. The molecule has 15 heavy (non-hydrogen) atoms. The molecule has 0 aromatic heterocycles. The van der Waals surface area contributed by atoms with Crippen LogP contribution < -0.4 is 0 Å². The summed E-state index contributed by atoms with van der Waals surface area (Å²) in [6.07, 6.45) is 2.32. The van der Waals surface area contributed by atoms with E-state index in [1.54, 1.807) is 12.1 Å². The van der Waals surface area contributed by atoms with E-state index in [2.05, 4.69) is 18.9 Å². The number of hydrogen-bond donors (Lipinski definition) is 0. The molecule has 1 fully saturated rings. The first kappa shape index (κ1) is 10.6. The Labute approximate surface area is 90.9 Å². The van der Waals surface area contributed by atoms with Crippen molar-refractivity contribution < 1.29 is 4.39 Å². The molecule has 0 atom stereocenters. The summed E-state index contributed by atoms with van der Waals surface area (Å²) >= 11 is 0. The average Bonchev–Trinajstić information content (AvgIpc) is 2.24. The molecule has 2 rings (SSSR count). The maximum atomic E-state index is 12.8. The zero-order valence-electron chi connectivity index (χ0n) is 9.46. The first-order valence-corrected chi connectivity index (χ1v) is 5.55. The van der Waals surface area contributed by atoms with Gasteiger partial charge in [-0.1, -0.05) is 19.1 Å². The predicted molar refractivity (Wildman–Crippen MR) is 60.5 cm³/mol. The Morgan fingerprint density at radius 3 is 2.20 bits per heavy atom. The lowest BCUT2D eigenvalue weighted by Gasteiger charge is -2.38. The number of likely N-dealkylation sites (tertiary alicyclic amines) is 1. The maximum absolute atomic E-state index is 12.8. The summed E-state index contributed by atoms with van der Waals surface area (Å²) in [6.45, 7) is 4.55. The summed E-state index contributed by atoms with van der Waals surface area (Å²) in [5, 5.41) is 0. The van der Waals surface area contributed by atoms with Gasteiger partial charge in [0.15, 0.2) is 0 Å². The molecule has 0 saturated carbocycles. The van der Waals surface area contributed by atoms with Crippen molar-refractivity contribution in [1.82, 2.24) is 4.90 Å². The van der Waals surface area contributed by atoms with E-state index >= 15 is 0 Å². The first-order chi connectivity index (χ1) is 7.10. The van der Waals surface area contributed by atoms with Gasteiger partial charge < -0.3 is 4.90 Å². The zero-order valence-corrected chi connectivity index (χ0v) is 9.46. The molecule has 0 spiro atoms. The Morgan fingerprint density at radius 1 is 1.13 bits per heavy atom. The van der Waals surface area contributed by atoms with Crippen LogP contribution in [0.15, 0.2) is 24.3 Å². The minimum Gasteiger partial charge on any atom is -0.306 e. The summed E-state index contributed by atoms with van der Waals surface area (Å²) in [4.78, 5) is 2.35. The van der Waals surface area contributed by atoms with Gasteiger partial charge >= 0.3 is 0 Å². The van der Waals surface area contributed by atoms with Gasteiger partial charge in [-0.05, 0) is 56.1 Å². The number of hydrogen-bond acceptors (Lipinski definition) is 1. The lowest BCUT2D eigenvalue weighted by molar-refractivity contribution is 0.200. The highest BCUT2D eigenvalue weighted by atomic mass is 19.1. The van der Waals surface area contributed by atoms with E-state index in [0.29, 0.717) is 0 Å². The molecule has 0 amide bonds. The van der Waals surface area contributed by atoms with Crippen LogP contribution in [0.2, 0.25) is 0 Å². The van der Waals surface area contributed by atoms with Crippen molar-refractivity contribution in [2.45, 2.75) is 25.2 Å². The smallest absolute Gasteiger partial charge is 0.123 e. The number of halogens is 1. The molecule has 1 saturated heterocycles. The normalized spacial score (nSPS) is 21.5. The summed E-state index contributed by atoms with van der Waals surface area (Å²) in [6, 6.07) is 7.00. The first-order valence-electron chi connectivity index (χ1n) is 5.55. The van der Waals surface area contributed by atoms with Crippen LogP contribution in [0.5, 0.6) is 0 Å². The van der Waals surface area contributed by atoms with Gasteiger partial charge in [0.2, 0.25) is 0 Å². The lowest BCUT2D eigenvalue weighted by Crippen LogP contribution is -2.38. The van der Waals surface area contributed by atoms with Crippen LogP contribution in [0.1, 0.15) is 25.3 Å². The molecule has 0 bridgehead atoms. The fourth-order valence-electron chi connectivity index (χ4n) is 2.25. The highest BCUT2D eigenvalue weighted by Gasteiger charge is 2.30. The van der Waals surface area contributed by atoms with Crippen LogP contribution in [0.4, 0.5) is 4.39 Å². The van der Waals surface area contributed by atoms with Crippen molar-refractivity contribution >= 4 is 0 Å². The maximum Gasteiger partial charge on any atom is 0.123 e. The average molecular weight is 207 g/mol. The Morgan fingerprint density at radius 2 is 1.67 bits per heavy atom. The molecule has 1 aliphatic heterocycles. The topological polar surface area (TPSA) is 3.24 Å². The predicted octanol–water partition coefficient (Wildman–Crippen LogP) is 2.81. The van der Waals surface area contributed by atoms with E-state index in [9.17, 15) is 4.39 Å². The molecular weight excluding hydrogens is 189 g/mol. The number of piperidine rings is 1. The monoisotopic (exact) mass is 207 g/mol. The van der Waals surface area contributed by atoms with E-state index in [1.807, 2.05) is 12.1 Å². The van der Waals surface area contributed by atoms with Crippen molar-refractivity contribution in [3.63, 3.8) is 0 Å². The van der Waals surface area contributed by atoms with Gasteiger partial charge in [-0.25, -0.2) is 4.39 Å². The molecule has 0 radical (unpaired) electrons. The molecule has 2 heteroatoms. The van der Waals surface area contributed by atoms with Crippen LogP contribution in [0.3, 0.4) is 0 Å². The summed E-state index contributed by atoms with van der Waals surface area (Å²) < 4.78 is 12.8. The van der Waals surface area contributed by atoms with Gasteiger partial charge in [0.05, 0.1) is 0 Å². The van der Waals surface area contributed by atoms with Gasteiger partial charge in [0.1, 0.15) is 5.82 Å². The number of rotatable bonds is 1. The summed E-state index contributed by atoms with van der Waals surface area (Å²) in [5.74, 6) is -0.143. The van der Waals surface area contributed by atoms with E-state index in [-0.39, 0.29) is 11.2 Å². The van der Waals surface area contributed by atoms with Crippen molar-refractivity contribution in [3.05, 3.63) is 35.6 Å². The fourth-order valence-corrected chi connectivity index (χ4v) is 2.25. The van der Waals surface area contributed by atoms with E-state index in [4.69, 9.17) is 0 Å². The molecule has 0 N–H and O–H groups in total. The van der Waals surface area contributed by atoms with Gasteiger partial charge in [-0.15, -0.1) is 0 Å². The second-order valence-electron chi connectivity index (χ2n) is 4.87. The summed E-state index contributed by atoms with van der Waals surface area (Å²) in [7, 11) is 2.16. The van der Waals surface area contributed by atoms with E-state index in [0.717, 1.165) is 25.9 Å². The Kier molecular flexibility index (Phi) is 2.79. The van der Waals surface area contributed by atoms with Gasteiger partial charge in [0.25, 0.3) is 0 Å². The molecule has 1 aromatic carbocycles. The Balaban J connectivity index is 2.18. The van der Waals surface area contributed by atoms with E-state index in [1.165, 1.54) is 5.56 Å². The molecule has 82 valence electrons. The molecule has 1 heterocycles. The van der Waals surface area contributed by atoms with Crippen LogP contribution in [-0.2, 0) is 5.41 Å². The third-order valence-electron chi connectivity index (χ3n) is 3.63. The standard InChI is InChI=1S/C13H18FN/c1-13(7-9-15(2)10-8-13)11-3-5-12(14)6-4-11/h3-6H,7-10H2,1-2H3. The van der Waals surface area contributed by atoms with Crippen LogP contribution in [0.25, 0.3) is 0 Å². The van der Waals surface area contributed by atoms with Crippen LogP contribution >= 0.6 is 0 Å². The Hall–Kier alpha value is -0.890.